The highest BCUT2D eigenvalue weighted by atomic mass is 19.1. The van der Waals surface area contributed by atoms with Crippen molar-refractivity contribution in [2.75, 3.05) is 11.4 Å². The van der Waals surface area contributed by atoms with Gasteiger partial charge in [0.15, 0.2) is 0 Å². The number of amides is 1. The fourth-order valence-electron chi connectivity index (χ4n) is 4.13. The van der Waals surface area contributed by atoms with Crippen LogP contribution in [-0.2, 0) is 4.79 Å². The molecular weight excluding hydrogens is 290 g/mol. The third kappa shape index (κ3) is 2.61. The van der Waals surface area contributed by atoms with E-state index in [9.17, 15) is 18.7 Å². The summed E-state index contributed by atoms with van der Waals surface area (Å²) in [6.07, 6.45) is 1.82. The van der Waals surface area contributed by atoms with Gasteiger partial charge in [0, 0.05) is 24.3 Å². The molecule has 1 amide bonds. The number of halogens is 2. The molecule has 0 radical (unpaired) electrons. The van der Waals surface area contributed by atoms with Gasteiger partial charge in [-0.25, -0.2) is 8.78 Å². The van der Waals surface area contributed by atoms with Crippen LogP contribution in [0.2, 0.25) is 0 Å². The van der Waals surface area contributed by atoms with Crippen molar-refractivity contribution < 1.29 is 18.7 Å². The number of hydrogen-bond donors (Lipinski definition) is 2. The average molecular weight is 310 g/mol. The summed E-state index contributed by atoms with van der Waals surface area (Å²) in [6, 6.07) is 2.83. The summed E-state index contributed by atoms with van der Waals surface area (Å²) in [5, 5.41) is 10.4. The van der Waals surface area contributed by atoms with Crippen LogP contribution >= 0.6 is 0 Å². The zero-order valence-electron chi connectivity index (χ0n) is 12.5. The Hall–Kier alpha value is -1.53. The Kier molecular flexibility index (Phi) is 3.49. The van der Waals surface area contributed by atoms with E-state index < -0.39 is 22.7 Å². The van der Waals surface area contributed by atoms with Crippen molar-refractivity contribution >= 4 is 11.6 Å². The molecule has 1 aromatic carbocycles. The number of aliphatic hydroxyl groups is 1. The van der Waals surface area contributed by atoms with Crippen molar-refractivity contribution in [3.8, 4) is 0 Å². The second-order valence-electron chi connectivity index (χ2n) is 6.96. The van der Waals surface area contributed by atoms with Crippen molar-refractivity contribution in [3.05, 3.63) is 29.8 Å². The molecule has 4 nitrogen and oxygen atoms in total. The van der Waals surface area contributed by atoms with Crippen molar-refractivity contribution in [1.82, 2.24) is 0 Å². The molecule has 1 saturated carbocycles. The van der Waals surface area contributed by atoms with Crippen molar-refractivity contribution in [2.24, 2.45) is 11.1 Å². The third-order valence-corrected chi connectivity index (χ3v) is 4.75. The molecule has 120 valence electrons. The lowest BCUT2D eigenvalue weighted by molar-refractivity contribution is -0.133. The molecule has 1 saturated heterocycles. The quantitative estimate of drug-likeness (QED) is 0.833. The molecule has 1 spiro atoms. The van der Waals surface area contributed by atoms with Gasteiger partial charge in [0.2, 0.25) is 5.91 Å². The van der Waals surface area contributed by atoms with E-state index in [1.165, 1.54) is 4.90 Å². The summed E-state index contributed by atoms with van der Waals surface area (Å²) in [7, 11) is 0. The fourth-order valence-corrected chi connectivity index (χ4v) is 4.13. The largest absolute Gasteiger partial charge is 0.390 e. The summed E-state index contributed by atoms with van der Waals surface area (Å²) in [5.41, 5.74) is 4.51. The lowest BCUT2D eigenvalue weighted by Gasteiger charge is -2.43. The van der Waals surface area contributed by atoms with Gasteiger partial charge in [0.25, 0.3) is 0 Å². The fraction of sp³-hybridized carbons (Fsp3) is 0.562. The predicted molar refractivity (Wildman–Crippen MR) is 78.2 cm³/mol. The Morgan fingerprint density at radius 1 is 1.27 bits per heavy atom. The van der Waals surface area contributed by atoms with Crippen LogP contribution in [0.1, 0.15) is 32.6 Å². The third-order valence-electron chi connectivity index (χ3n) is 4.75. The monoisotopic (exact) mass is 310 g/mol. The standard InChI is InChI=1S/C16H20F2N2O2/c1-15(22)7-12(19)8-16(9-15)2-3-20(14(16)21)13-5-10(17)4-11(18)6-13/h4-6,12,22H,2-3,7-9,19H2,1H3/t12-,15+,16-/m1/s1. The number of hydrogen-bond acceptors (Lipinski definition) is 3. The van der Waals surface area contributed by atoms with Gasteiger partial charge in [0.1, 0.15) is 11.6 Å². The number of nitrogens with zero attached hydrogens (tertiary/aromatic N) is 1. The summed E-state index contributed by atoms with van der Waals surface area (Å²) in [5.74, 6) is -1.62. The van der Waals surface area contributed by atoms with E-state index in [-0.39, 0.29) is 17.6 Å². The van der Waals surface area contributed by atoms with Gasteiger partial charge in [-0.1, -0.05) is 0 Å². The highest BCUT2D eigenvalue weighted by molar-refractivity contribution is 6.00. The Balaban J connectivity index is 1.91. The van der Waals surface area contributed by atoms with E-state index in [0.717, 1.165) is 18.2 Å². The van der Waals surface area contributed by atoms with Crippen LogP contribution in [-0.4, -0.2) is 29.2 Å². The maximum atomic E-state index is 13.4. The van der Waals surface area contributed by atoms with Crippen LogP contribution in [0.25, 0.3) is 0 Å². The minimum Gasteiger partial charge on any atom is -0.390 e. The predicted octanol–water partition coefficient (Wildman–Crippen LogP) is 1.95. The Bertz CT molecular complexity index is 600. The molecule has 6 heteroatoms. The van der Waals surface area contributed by atoms with Crippen molar-refractivity contribution in [1.29, 1.82) is 0 Å². The maximum absolute atomic E-state index is 13.4. The van der Waals surface area contributed by atoms with E-state index >= 15 is 0 Å². The molecule has 22 heavy (non-hydrogen) atoms. The number of nitrogens with two attached hydrogens (primary N) is 1. The number of carbonyl (C=O) groups is 1. The molecule has 3 rings (SSSR count). The topological polar surface area (TPSA) is 66.6 Å². The molecule has 0 aromatic heterocycles. The van der Waals surface area contributed by atoms with Crippen LogP contribution in [0, 0.1) is 17.0 Å². The van der Waals surface area contributed by atoms with E-state index in [1.54, 1.807) is 6.92 Å². The normalized spacial score (nSPS) is 35.4. The summed E-state index contributed by atoms with van der Waals surface area (Å²) in [6.45, 7) is 2.07. The van der Waals surface area contributed by atoms with Gasteiger partial charge >= 0.3 is 0 Å². The van der Waals surface area contributed by atoms with Crippen LogP contribution in [0.5, 0.6) is 0 Å². The zero-order valence-corrected chi connectivity index (χ0v) is 12.5. The van der Waals surface area contributed by atoms with Crippen molar-refractivity contribution in [3.63, 3.8) is 0 Å². The molecule has 2 aliphatic rings. The molecule has 1 aliphatic heterocycles. The number of rotatable bonds is 1. The molecule has 1 aromatic rings. The molecule has 2 fully saturated rings. The smallest absolute Gasteiger partial charge is 0.233 e. The van der Waals surface area contributed by atoms with Crippen LogP contribution in [0.4, 0.5) is 14.5 Å². The minimum absolute atomic E-state index is 0.201. The lowest BCUT2D eigenvalue weighted by atomic mass is 9.65. The second-order valence-corrected chi connectivity index (χ2v) is 6.96. The molecule has 3 atom stereocenters. The van der Waals surface area contributed by atoms with Crippen LogP contribution in [0.3, 0.4) is 0 Å². The Morgan fingerprint density at radius 3 is 2.50 bits per heavy atom. The maximum Gasteiger partial charge on any atom is 0.233 e. The van der Waals surface area contributed by atoms with Crippen LogP contribution < -0.4 is 10.6 Å². The zero-order chi connectivity index (χ0) is 16.1. The van der Waals surface area contributed by atoms with Gasteiger partial charge in [0.05, 0.1) is 11.0 Å². The van der Waals surface area contributed by atoms with Crippen molar-refractivity contribution in [2.45, 2.75) is 44.2 Å². The summed E-state index contributed by atoms with van der Waals surface area (Å²) in [4.78, 5) is 14.3. The molecule has 1 heterocycles. The van der Waals surface area contributed by atoms with Gasteiger partial charge in [-0.15, -0.1) is 0 Å². The molecule has 3 N–H and O–H groups in total. The number of benzene rings is 1. The van der Waals surface area contributed by atoms with Gasteiger partial charge in [-0.3, -0.25) is 4.79 Å². The van der Waals surface area contributed by atoms with Gasteiger partial charge < -0.3 is 15.7 Å². The van der Waals surface area contributed by atoms with Gasteiger partial charge in [-0.05, 0) is 44.7 Å². The highest BCUT2D eigenvalue weighted by Gasteiger charge is 2.54. The minimum atomic E-state index is -0.990. The van der Waals surface area contributed by atoms with E-state index in [0.29, 0.717) is 32.2 Å². The summed E-state index contributed by atoms with van der Waals surface area (Å²) >= 11 is 0. The Morgan fingerprint density at radius 2 is 1.91 bits per heavy atom. The Labute approximate surface area is 127 Å². The van der Waals surface area contributed by atoms with E-state index in [4.69, 9.17) is 5.73 Å². The number of carbonyl (C=O) groups excluding carboxylic acids is 1. The van der Waals surface area contributed by atoms with Gasteiger partial charge in [-0.2, -0.15) is 0 Å². The SMILES string of the molecule is C[C@]1(O)C[C@@H](N)C[C@]2(CCN(c3cc(F)cc(F)c3)C2=O)C1. The molecular formula is C16H20F2N2O2. The summed E-state index contributed by atoms with van der Waals surface area (Å²) < 4.78 is 26.8. The van der Waals surface area contributed by atoms with E-state index in [2.05, 4.69) is 0 Å². The lowest BCUT2D eigenvalue weighted by Crippen LogP contribution is -2.51. The number of anilines is 1. The molecule has 0 bridgehead atoms. The molecule has 1 aliphatic carbocycles. The van der Waals surface area contributed by atoms with Crippen LogP contribution in [0.15, 0.2) is 18.2 Å². The first-order valence-corrected chi connectivity index (χ1v) is 7.47. The highest BCUT2D eigenvalue weighted by Crippen LogP contribution is 2.48. The average Bonchev–Trinajstić information content (AvgIpc) is 2.62. The first kappa shape index (κ1) is 15.4. The first-order valence-electron chi connectivity index (χ1n) is 7.47. The first-order chi connectivity index (χ1) is 10.2. The molecule has 0 unspecified atom stereocenters. The van der Waals surface area contributed by atoms with E-state index in [1.807, 2.05) is 0 Å². The second kappa shape index (κ2) is 4.99.